The molecule has 0 aromatic heterocycles. The van der Waals surface area contributed by atoms with E-state index in [1.807, 2.05) is 19.9 Å². The third-order valence-electron chi connectivity index (χ3n) is 3.20. The van der Waals surface area contributed by atoms with E-state index in [2.05, 4.69) is 0 Å². The molecule has 0 aliphatic heterocycles. The molecule has 0 spiro atoms. The second-order valence-corrected chi connectivity index (χ2v) is 4.51. The number of nitrogens with two attached hydrogens (primary N) is 1. The fourth-order valence-electron chi connectivity index (χ4n) is 2.34. The van der Waals surface area contributed by atoms with Crippen LogP contribution in [0.4, 0.5) is 0 Å². The number of carboxylic acid groups (broad SMARTS) is 1. The summed E-state index contributed by atoms with van der Waals surface area (Å²) in [4.78, 5) is 10.6. The molecule has 1 aromatic rings. The zero-order valence-electron chi connectivity index (χ0n) is 11.8. The first-order chi connectivity index (χ1) is 8.92. The number of rotatable bonds is 6. The lowest BCUT2D eigenvalue weighted by molar-refractivity contribution is -0.137. The van der Waals surface area contributed by atoms with E-state index in [1.165, 1.54) is 0 Å². The molecule has 3 N–H and O–H groups in total. The maximum absolute atomic E-state index is 10.6. The van der Waals surface area contributed by atoms with Crippen LogP contribution in [-0.4, -0.2) is 25.3 Å². The van der Waals surface area contributed by atoms with Crippen molar-refractivity contribution < 1.29 is 19.4 Å². The van der Waals surface area contributed by atoms with Gasteiger partial charge in [-0.1, -0.05) is 0 Å². The minimum atomic E-state index is -0.841. The maximum Gasteiger partial charge on any atom is 0.303 e. The molecule has 1 atom stereocenters. The normalized spacial score (nSPS) is 12.1. The van der Waals surface area contributed by atoms with Crippen LogP contribution < -0.4 is 15.2 Å². The summed E-state index contributed by atoms with van der Waals surface area (Å²) in [6, 6.07) is 1.54. The fraction of sp³-hybridized carbons (Fsp3) is 0.500. The molecule has 5 nitrogen and oxygen atoms in total. The average Bonchev–Trinajstić information content (AvgIpc) is 2.35. The van der Waals surface area contributed by atoms with Gasteiger partial charge in [0.25, 0.3) is 0 Å². The number of methoxy groups -OCH3 is 2. The monoisotopic (exact) mass is 267 g/mol. The molecule has 5 heteroatoms. The zero-order valence-corrected chi connectivity index (χ0v) is 11.8. The van der Waals surface area contributed by atoms with Gasteiger partial charge in [0.15, 0.2) is 11.5 Å². The van der Waals surface area contributed by atoms with Crippen LogP contribution in [0.3, 0.4) is 0 Å². The summed E-state index contributed by atoms with van der Waals surface area (Å²) in [6.45, 7) is 3.84. The molecular formula is C14H21NO4. The Morgan fingerprint density at radius 3 is 2.47 bits per heavy atom. The summed E-state index contributed by atoms with van der Waals surface area (Å²) in [5, 5.41) is 8.73. The Morgan fingerprint density at radius 2 is 2.00 bits per heavy atom. The Bertz CT molecular complexity index is 471. The molecule has 1 rings (SSSR count). The highest BCUT2D eigenvalue weighted by Gasteiger charge is 2.19. The minimum absolute atomic E-state index is 0.0500. The van der Waals surface area contributed by atoms with Gasteiger partial charge in [-0.05, 0) is 43.0 Å². The number of aliphatic carboxylic acids is 1. The highest BCUT2D eigenvalue weighted by Crippen LogP contribution is 2.38. The first kappa shape index (κ1) is 15.3. The van der Waals surface area contributed by atoms with Crippen molar-refractivity contribution in [1.82, 2.24) is 0 Å². The molecule has 1 unspecified atom stereocenters. The topological polar surface area (TPSA) is 81.8 Å². The lowest BCUT2D eigenvalue weighted by atomic mass is 9.92. The summed E-state index contributed by atoms with van der Waals surface area (Å²) in [7, 11) is 3.16. The predicted octanol–water partition coefficient (Wildman–Crippen LogP) is 2.19. The first-order valence-electron chi connectivity index (χ1n) is 6.11. The van der Waals surface area contributed by atoms with E-state index in [1.54, 1.807) is 14.2 Å². The number of ether oxygens (including phenoxy) is 2. The molecule has 0 saturated carbocycles. The number of carboxylic acids is 1. The van der Waals surface area contributed by atoms with Crippen LogP contribution in [0, 0.1) is 13.8 Å². The van der Waals surface area contributed by atoms with Crippen molar-refractivity contribution >= 4 is 5.97 Å². The van der Waals surface area contributed by atoms with Gasteiger partial charge in [-0.2, -0.15) is 0 Å². The Hall–Kier alpha value is -1.75. The van der Waals surface area contributed by atoms with Crippen LogP contribution in [-0.2, 0) is 4.79 Å². The number of hydrogen-bond acceptors (Lipinski definition) is 4. The summed E-state index contributed by atoms with van der Waals surface area (Å²) in [5.41, 5.74) is 8.91. The quantitative estimate of drug-likeness (QED) is 0.825. The Kier molecular flexibility index (Phi) is 5.18. The van der Waals surface area contributed by atoms with Gasteiger partial charge in [-0.3, -0.25) is 4.79 Å². The maximum atomic E-state index is 10.6. The van der Waals surface area contributed by atoms with E-state index >= 15 is 0 Å². The molecule has 0 radical (unpaired) electrons. The van der Waals surface area contributed by atoms with Gasteiger partial charge < -0.3 is 20.3 Å². The van der Waals surface area contributed by atoms with E-state index < -0.39 is 5.97 Å². The van der Waals surface area contributed by atoms with E-state index in [-0.39, 0.29) is 12.5 Å². The van der Waals surface area contributed by atoms with Crippen molar-refractivity contribution in [1.29, 1.82) is 0 Å². The van der Waals surface area contributed by atoms with Crippen LogP contribution in [0.15, 0.2) is 6.07 Å². The summed E-state index contributed by atoms with van der Waals surface area (Å²) in [5.74, 6) is 0.465. The van der Waals surface area contributed by atoms with Crippen molar-refractivity contribution in [2.45, 2.75) is 32.7 Å². The summed E-state index contributed by atoms with van der Waals surface area (Å²) < 4.78 is 10.6. The van der Waals surface area contributed by atoms with E-state index in [0.29, 0.717) is 17.9 Å². The minimum Gasteiger partial charge on any atom is -0.493 e. The molecule has 0 fully saturated rings. The first-order valence-corrected chi connectivity index (χ1v) is 6.11. The zero-order chi connectivity index (χ0) is 14.6. The van der Waals surface area contributed by atoms with Crippen molar-refractivity contribution in [2.24, 2.45) is 5.73 Å². The van der Waals surface area contributed by atoms with Crippen molar-refractivity contribution in [3.05, 3.63) is 22.8 Å². The van der Waals surface area contributed by atoms with Gasteiger partial charge in [0, 0.05) is 12.5 Å². The average molecular weight is 267 g/mol. The number of benzene rings is 1. The van der Waals surface area contributed by atoms with Gasteiger partial charge in [0.05, 0.1) is 14.2 Å². The Morgan fingerprint density at radius 1 is 1.37 bits per heavy atom. The Labute approximate surface area is 113 Å². The molecule has 19 heavy (non-hydrogen) atoms. The van der Waals surface area contributed by atoms with Gasteiger partial charge in [0.1, 0.15) is 0 Å². The van der Waals surface area contributed by atoms with Gasteiger partial charge >= 0.3 is 5.97 Å². The van der Waals surface area contributed by atoms with Crippen molar-refractivity contribution in [3.8, 4) is 11.5 Å². The Balaban J connectivity index is 3.16. The van der Waals surface area contributed by atoms with E-state index in [0.717, 1.165) is 16.7 Å². The third-order valence-corrected chi connectivity index (χ3v) is 3.20. The van der Waals surface area contributed by atoms with Crippen LogP contribution in [0.25, 0.3) is 0 Å². The molecule has 106 valence electrons. The number of carbonyl (C=O) groups is 1. The number of aryl methyl sites for hydroxylation is 1. The second kappa shape index (κ2) is 6.43. The lowest BCUT2D eigenvalue weighted by Crippen LogP contribution is -2.16. The molecule has 0 saturated heterocycles. The van der Waals surface area contributed by atoms with Crippen molar-refractivity contribution in [3.63, 3.8) is 0 Å². The smallest absolute Gasteiger partial charge is 0.303 e. The van der Waals surface area contributed by atoms with Crippen molar-refractivity contribution in [2.75, 3.05) is 14.2 Å². The van der Waals surface area contributed by atoms with E-state index in [4.69, 9.17) is 20.3 Å². The standard InChI is InChI=1S/C14H21NO4/c1-8-7-11(18-3)14(19-4)9(2)13(8)10(15)5-6-12(16)17/h7,10H,5-6,15H2,1-4H3,(H,16,17). The molecule has 0 heterocycles. The SMILES string of the molecule is COc1cc(C)c(C(N)CCC(=O)O)c(C)c1OC. The highest BCUT2D eigenvalue weighted by molar-refractivity contribution is 5.66. The fourth-order valence-corrected chi connectivity index (χ4v) is 2.34. The largest absolute Gasteiger partial charge is 0.493 e. The van der Waals surface area contributed by atoms with Crippen LogP contribution >= 0.6 is 0 Å². The van der Waals surface area contributed by atoms with Gasteiger partial charge in [-0.25, -0.2) is 0 Å². The highest BCUT2D eigenvalue weighted by atomic mass is 16.5. The molecule has 0 bridgehead atoms. The second-order valence-electron chi connectivity index (χ2n) is 4.51. The lowest BCUT2D eigenvalue weighted by Gasteiger charge is -2.21. The van der Waals surface area contributed by atoms with Crippen LogP contribution in [0.2, 0.25) is 0 Å². The molecule has 1 aromatic carbocycles. The summed E-state index contributed by atoms with van der Waals surface area (Å²) in [6.07, 6.45) is 0.445. The van der Waals surface area contributed by atoms with E-state index in [9.17, 15) is 4.79 Å². The van der Waals surface area contributed by atoms with Crippen LogP contribution in [0.1, 0.15) is 35.6 Å². The number of hydrogen-bond donors (Lipinski definition) is 2. The van der Waals surface area contributed by atoms with Gasteiger partial charge in [0.2, 0.25) is 0 Å². The summed E-state index contributed by atoms with van der Waals surface area (Å²) >= 11 is 0. The molecule has 0 aliphatic carbocycles. The molecule has 0 aliphatic rings. The third kappa shape index (κ3) is 3.38. The van der Waals surface area contributed by atoms with Gasteiger partial charge in [-0.15, -0.1) is 0 Å². The van der Waals surface area contributed by atoms with Crippen LogP contribution in [0.5, 0.6) is 11.5 Å². The molecule has 0 amide bonds. The molecular weight excluding hydrogens is 246 g/mol. The predicted molar refractivity (Wildman–Crippen MR) is 72.8 cm³/mol.